The largest absolute Gasteiger partial charge is 0.449 e. The summed E-state index contributed by atoms with van der Waals surface area (Å²) in [5.74, 6) is 0. The summed E-state index contributed by atoms with van der Waals surface area (Å²) in [5.41, 5.74) is 0.985. The quantitative estimate of drug-likeness (QED) is 0.862. The highest BCUT2D eigenvalue weighted by molar-refractivity contribution is 9.10. The second kappa shape index (κ2) is 4.41. The van der Waals surface area contributed by atoms with Gasteiger partial charge in [0.1, 0.15) is 0 Å². The minimum Gasteiger partial charge on any atom is -0.449 e. The molecule has 15 heavy (non-hydrogen) atoms. The van der Waals surface area contributed by atoms with E-state index in [1.54, 1.807) is 6.07 Å². The van der Waals surface area contributed by atoms with Crippen LogP contribution in [0.25, 0.3) is 0 Å². The second-order valence-electron chi connectivity index (χ2n) is 3.29. The lowest BCUT2D eigenvalue weighted by atomic mass is 10.0. The molecule has 1 aliphatic heterocycles. The number of benzene rings is 1. The summed E-state index contributed by atoms with van der Waals surface area (Å²) in [4.78, 5) is 11.1. The zero-order valence-electron chi connectivity index (χ0n) is 7.80. The van der Waals surface area contributed by atoms with Crippen molar-refractivity contribution in [2.45, 2.75) is 12.5 Å². The molecular weight excluding hydrogens is 281 g/mol. The first-order chi connectivity index (χ1) is 7.16. The zero-order valence-corrected chi connectivity index (χ0v) is 10.1. The average molecular weight is 291 g/mol. The Morgan fingerprint density at radius 2 is 2.33 bits per heavy atom. The van der Waals surface area contributed by atoms with E-state index >= 15 is 0 Å². The number of ether oxygens (including phenoxy) is 1. The van der Waals surface area contributed by atoms with Crippen molar-refractivity contribution in [3.05, 3.63) is 33.3 Å². The van der Waals surface area contributed by atoms with Crippen LogP contribution < -0.4 is 5.32 Å². The van der Waals surface area contributed by atoms with Gasteiger partial charge in [-0.2, -0.15) is 0 Å². The van der Waals surface area contributed by atoms with E-state index in [4.69, 9.17) is 16.3 Å². The van der Waals surface area contributed by atoms with Crippen LogP contribution in [0.1, 0.15) is 18.0 Å². The third kappa shape index (κ3) is 2.44. The molecule has 80 valence electrons. The number of hydrogen-bond donors (Lipinski definition) is 1. The van der Waals surface area contributed by atoms with Crippen molar-refractivity contribution in [2.75, 3.05) is 6.61 Å². The molecule has 1 atom stereocenters. The van der Waals surface area contributed by atoms with E-state index in [1.165, 1.54) is 0 Å². The van der Waals surface area contributed by atoms with Gasteiger partial charge in [-0.15, -0.1) is 0 Å². The van der Waals surface area contributed by atoms with Gasteiger partial charge in [0.05, 0.1) is 12.6 Å². The molecular formula is C10H9BrClNO2. The minimum atomic E-state index is -0.377. The number of alkyl carbamates (subject to hydrolysis) is 1. The molecule has 1 amide bonds. The van der Waals surface area contributed by atoms with Gasteiger partial charge in [-0.25, -0.2) is 4.79 Å². The summed E-state index contributed by atoms with van der Waals surface area (Å²) in [6, 6.07) is 5.50. The molecule has 1 fully saturated rings. The second-order valence-corrected chi connectivity index (χ2v) is 4.58. The van der Waals surface area contributed by atoms with E-state index in [1.807, 2.05) is 12.1 Å². The van der Waals surface area contributed by atoms with Crippen LogP contribution in [0.3, 0.4) is 0 Å². The van der Waals surface area contributed by atoms with Crippen molar-refractivity contribution in [3.8, 4) is 0 Å². The van der Waals surface area contributed by atoms with Crippen LogP contribution in [0.15, 0.2) is 22.7 Å². The number of rotatable bonds is 1. The van der Waals surface area contributed by atoms with Crippen molar-refractivity contribution >= 4 is 33.6 Å². The van der Waals surface area contributed by atoms with Crippen LogP contribution in [-0.4, -0.2) is 12.7 Å². The van der Waals surface area contributed by atoms with E-state index < -0.39 is 0 Å². The molecule has 0 aromatic heterocycles. The number of carbonyl (C=O) groups excluding carboxylic acids is 1. The van der Waals surface area contributed by atoms with Gasteiger partial charge in [0, 0.05) is 15.9 Å². The van der Waals surface area contributed by atoms with Gasteiger partial charge < -0.3 is 10.1 Å². The predicted molar refractivity (Wildman–Crippen MR) is 61.0 cm³/mol. The Labute approximate surface area is 101 Å². The summed E-state index contributed by atoms with van der Waals surface area (Å²) >= 11 is 9.34. The number of cyclic esters (lactones) is 1. The molecule has 0 saturated carbocycles. The maximum atomic E-state index is 11.1. The normalized spacial score (nSPS) is 20.7. The lowest BCUT2D eigenvalue weighted by molar-refractivity contribution is 0.115. The van der Waals surface area contributed by atoms with Crippen LogP contribution in [0.5, 0.6) is 0 Å². The molecule has 0 aliphatic carbocycles. The van der Waals surface area contributed by atoms with Gasteiger partial charge in [0.25, 0.3) is 0 Å². The molecule has 1 aromatic rings. The van der Waals surface area contributed by atoms with Gasteiger partial charge in [-0.1, -0.05) is 27.5 Å². The first kappa shape index (κ1) is 10.8. The van der Waals surface area contributed by atoms with Gasteiger partial charge in [0.15, 0.2) is 0 Å². The molecule has 0 bridgehead atoms. The molecule has 1 heterocycles. The first-order valence-electron chi connectivity index (χ1n) is 4.55. The summed E-state index contributed by atoms with van der Waals surface area (Å²) in [6.07, 6.45) is 0.378. The third-order valence-electron chi connectivity index (χ3n) is 2.27. The van der Waals surface area contributed by atoms with Gasteiger partial charge in [-0.05, 0) is 23.8 Å². The molecule has 1 aromatic carbocycles. The van der Waals surface area contributed by atoms with E-state index in [9.17, 15) is 4.79 Å². The van der Waals surface area contributed by atoms with Crippen molar-refractivity contribution < 1.29 is 9.53 Å². The SMILES string of the molecule is O=C1N[C@H](c2cc(Cl)ccc2Br)CCO1. The number of nitrogens with one attached hydrogen (secondary N) is 1. The molecule has 3 nitrogen and oxygen atoms in total. The number of halogens is 2. The molecule has 5 heteroatoms. The molecule has 1 N–H and O–H groups in total. The Bertz CT molecular complexity index is 397. The van der Waals surface area contributed by atoms with Crippen LogP contribution in [0.2, 0.25) is 5.02 Å². The lowest BCUT2D eigenvalue weighted by Crippen LogP contribution is -2.35. The fourth-order valence-electron chi connectivity index (χ4n) is 1.54. The van der Waals surface area contributed by atoms with E-state index in [2.05, 4.69) is 21.2 Å². The molecule has 2 rings (SSSR count). The van der Waals surface area contributed by atoms with Gasteiger partial charge in [-0.3, -0.25) is 0 Å². The van der Waals surface area contributed by atoms with Crippen molar-refractivity contribution in [1.82, 2.24) is 5.32 Å². The fourth-order valence-corrected chi connectivity index (χ4v) is 2.24. The molecule has 0 spiro atoms. The maximum absolute atomic E-state index is 11.1. The fraction of sp³-hybridized carbons (Fsp3) is 0.300. The first-order valence-corrected chi connectivity index (χ1v) is 5.72. The van der Waals surface area contributed by atoms with E-state index in [-0.39, 0.29) is 12.1 Å². The van der Waals surface area contributed by atoms with Crippen LogP contribution in [0.4, 0.5) is 4.79 Å². The molecule has 0 radical (unpaired) electrons. The highest BCUT2D eigenvalue weighted by Gasteiger charge is 2.22. The lowest BCUT2D eigenvalue weighted by Gasteiger charge is -2.24. The Kier molecular flexibility index (Phi) is 3.17. The van der Waals surface area contributed by atoms with Gasteiger partial charge >= 0.3 is 6.09 Å². The van der Waals surface area contributed by atoms with Crippen molar-refractivity contribution in [3.63, 3.8) is 0 Å². The Morgan fingerprint density at radius 3 is 3.07 bits per heavy atom. The topological polar surface area (TPSA) is 38.3 Å². The maximum Gasteiger partial charge on any atom is 0.407 e. The van der Waals surface area contributed by atoms with Crippen molar-refractivity contribution in [1.29, 1.82) is 0 Å². The van der Waals surface area contributed by atoms with Crippen LogP contribution >= 0.6 is 27.5 Å². The predicted octanol–water partition coefficient (Wildman–Crippen LogP) is 3.27. The smallest absolute Gasteiger partial charge is 0.407 e. The van der Waals surface area contributed by atoms with Gasteiger partial charge in [0.2, 0.25) is 0 Å². The Hall–Kier alpha value is -0.740. The Morgan fingerprint density at radius 1 is 1.53 bits per heavy atom. The summed E-state index contributed by atoms with van der Waals surface area (Å²) in [7, 11) is 0. The van der Waals surface area contributed by atoms with E-state index in [0.29, 0.717) is 11.6 Å². The summed E-state index contributed by atoms with van der Waals surface area (Å²) in [6.45, 7) is 0.440. The zero-order chi connectivity index (χ0) is 10.8. The average Bonchev–Trinajstić information content (AvgIpc) is 2.22. The highest BCUT2D eigenvalue weighted by atomic mass is 79.9. The monoisotopic (exact) mass is 289 g/mol. The number of hydrogen-bond acceptors (Lipinski definition) is 2. The highest BCUT2D eigenvalue weighted by Crippen LogP contribution is 2.29. The molecule has 1 aliphatic rings. The molecule has 1 saturated heterocycles. The minimum absolute atomic E-state index is 0.0284. The molecule has 0 unspecified atom stereocenters. The van der Waals surface area contributed by atoms with Crippen LogP contribution in [-0.2, 0) is 4.74 Å². The summed E-state index contributed by atoms with van der Waals surface area (Å²) in [5, 5.41) is 3.41. The third-order valence-corrected chi connectivity index (χ3v) is 3.22. The standard InChI is InChI=1S/C10H9BrClNO2/c11-8-2-1-6(12)5-7(8)9-3-4-15-10(14)13-9/h1-2,5,9H,3-4H2,(H,13,14)/t9-/m0/s1. The van der Waals surface area contributed by atoms with Crippen LogP contribution in [0, 0.1) is 0 Å². The number of carbonyl (C=O) groups is 1. The van der Waals surface area contributed by atoms with Crippen molar-refractivity contribution in [2.24, 2.45) is 0 Å². The summed E-state index contributed by atoms with van der Waals surface area (Å²) < 4.78 is 5.74. The van der Waals surface area contributed by atoms with E-state index in [0.717, 1.165) is 16.5 Å². The number of amides is 1. The Balaban J connectivity index is 2.27.